The van der Waals surface area contributed by atoms with Gasteiger partial charge in [-0.05, 0) is 60.6 Å². The van der Waals surface area contributed by atoms with Crippen molar-refractivity contribution in [2.24, 2.45) is 5.92 Å². The molecule has 0 aromatic heterocycles. The smallest absolute Gasteiger partial charge is 0.220 e. The molecule has 1 atom stereocenters. The number of hydrogen-bond acceptors (Lipinski definition) is 2. The van der Waals surface area contributed by atoms with E-state index in [1.165, 1.54) is 18.5 Å². The van der Waals surface area contributed by atoms with E-state index in [1.54, 1.807) is 0 Å². The Bertz CT molecular complexity index is 712. The Morgan fingerprint density at radius 3 is 2.50 bits per heavy atom. The van der Waals surface area contributed by atoms with Gasteiger partial charge in [0.25, 0.3) is 0 Å². The fourth-order valence-electron chi connectivity index (χ4n) is 3.45. The van der Waals surface area contributed by atoms with Gasteiger partial charge in [0.05, 0.1) is 0 Å². The summed E-state index contributed by atoms with van der Waals surface area (Å²) in [4.78, 5) is 14.5. The molecule has 3 nitrogen and oxygen atoms in total. The zero-order valence-corrected chi connectivity index (χ0v) is 16.1. The minimum Gasteiger partial charge on any atom is -0.371 e. The lowest BCUT2D eigenvalue weighted by Crippen LogP contribution is -2.34. The maximum atomic E-state index is 12.1. The normalized spacial score (nSPS) is 17.2. The minimum absolute atomic E-state index is 0.0777. The number of carbonyl (C=O) groups excluding carboxylic acids is 1. The van der Waals surface area contributed by atoms with E-state index in [-0.39, 0.29) is 5.91 Å². The number of aryl methyl sites for hydroxylation is 1. The summed E-state index contributed by atoms with van der Waals surface area (Å²) < 4.78 is 0. The molecule has 1 heterocycles. The van der Waals surface area contributed by atoms with E-state index in [4.69, 9.17) is 11.6 Å². The molecule has 26 heavy (non-hydrogen) atoms. The van der Waals surface area contributed by atoms with E-state index in [2.05, 4.69) is 41.4 Å². The van der Waals surface area contributed by atoms with Crippen molar-refractivity contribution >= 4 is 23.2 Å². The van der Waals surface area contributed by atoms with Crippen LogP contribution in [-0.4, -0.2) is 19.0 Å². The molecule has 2 aromatic rings. The number of hydrogen-bond donors (Lipinski definition) is 1. The average Bonchev–Trinajstić information content (AvgIpc) is 2.66. The van der Waals surface area contributed by atoms with Crippen molar-refractivity contribution in [1.29, 1.82) is 0 Å². The van der Waals surface area contributed by atoms with Gasteiger partial charge in [-0.2, -0.15) is 0 Å². The van der Waals surface area contributed by atoms with Gasteiger partial charge in [0, 0.05) is 36.8 Å². The first-order valence-electron chi connectivity index (χ1n) is 9.45. The second-order valence-corrected chi connectivity index (χ2v) is 7.70. The van der Waals surface area contributed by atoms with Crippen LogP contribution in [0, 0.1) is 5.92 Å². The van der Waals surface area contributed by atoms with Crippen LogP contribution in [0.2, 0.25) is 5.02 Å². The standard InChI is InChI=1S/C22H27ClN2O/c1-17-3-2-14-25(16-17)21-11-6-19(7-12-21)15-24-22(26)13-8-18-4-9-20(23)10-5-18/h4-7,9-12,17H,2-3,8,13-16H2,1H3,(H,24,26). The van der Waals surface area contributed by atoms with E-state index >= 15 is 0 Å². The third kappa shape index (κ3) is 5.50. The Balaban J connectivity index is 1.44. The Labute approximate surface area is 161 Å². The van der Waals surface area contributed by atoms with Crippen LogP contribution in [0.4, 0.5) is 5.69 Å². The summed E-state index contributed by atoms with van der Waals surface area (Å²) in [6.45, 7) is 5.18. The Hall–Kier alpha value is -2.00. The number of carbonyl (C=O) groups is 1. The van der Waals surface area contributed by atoms with Crippen LogP contribution in [0.1, 0.15) is 37.3 Å². The van der Waals surface area contributed by atoms with Crippen LogP contribution in [0.5, 0.6) is 0 Å². The molecule has 1 aliphatic heterocycles. The number of nitrogens with one attached hydrogen (secondary N) is 1. The van der Waals surface area contributed by atoms with E-state index in [0.717, 1.165) is 41.6 Å². The summed E-state index contributed by atoms with van der Waals surface area (Å²) in [5.41, 5.74) is 3.55. The molecule has 0 bridgehead atoms. The molecule has 1 saturated heterocycles. The molecule has 4 heteroatoms. The highest BCUT2D eigenvalue weighted by molar-refractivity contribution is 6.30. The maximum Gasteiger partial charge on any atom is 0.220 e. The second kappa shape index (κ2) is 9.09. The molecule has 2 aromatic carbocycles. The summed E-state index contributed by atoms with van der Waals surface area (Å²) in [6.07, 6.45) is 3.82. The Morgan fingerprint density at radius 2 is 1.81 bits per heavy atom. The van der Waals surface area contributed by atoms with Crippen LogP contribution in [0.25, 0.3) is 0 Å². The summed E-state index contributed by atoms with van der Waals surface area (Å²) >= 11 is 5.88. The van der Waals surface area contributed by atoms with Gasteiger partial charge < -0.3 is 10.2 Å². The number of rotatable bonds is 6. The number of amides is 1. The van der Waals surface area contributed by atoms with Crippen molar-refractivity contribution in [3.63, 3.8) is 0 Å². The molecule has 1 amide bonds. The molecule has 0 aliphatic carbocycles. The average molecular weight is 371 g/mol. The molecule has 0 spiro atoms. The van der Waals surface area contributed by atoms with Gasteiger partial charge in [0.1, 0.15) is 0 Å². The van der Waals surface area contributed by atoms with Gasteiger partial charge in [0.15, 0.2) is 0 Å². The highest BCUT2D eigenvalue weighted by atomic mass is 35.5. The number of nitrogens with zero attached hydrogens (tertiary/aromatic N) is 1. The summed E-state index contributed by atoms with van der Waals surface area (Å²) in [5, 5.41) is 3.73. The van der Waals surface area contributed by atoms with Crippen LogP contribution in [0.15, 0.2) is 48.5 Å². The van der Waals surface area contributed by atoms with E-state index in [9.17, 15) is 4.79 Å². The van der Waals surface area contributed by atoms with Crippen molar-refractivity contribution in [3.8, 4) is 0 Å². The SMILES string of the molecule is CC1CCCN(c2ccc(CNC(=O)CCc3ccc(Cl)cc3)cc2)C1. The molecule has 0 radical (unpaired) electrons. The first-order chi connectivity index (χ1) is 12.6. The Morgan fingerprint density at radius 1 is 1.12 bits per heavy atom. The number of benzene rings is 2. The van der Waals surface area contributed by atoms with Crippen LogP contribution >= 0.6 is 11.6 Å². The molecule has 0 saturated carbocycles. The number of piperidine rings is 1. The highest BCUT2D eigenvalue weighted by Crippen LogP contribution is 2.23. The van der Waals surface area contributed by atoms with Gasteiger partial charge in [-0.15, -0.1) is 0 Å². The van der Waals surface area contributed by atoms with Crippen molar-refractivity contribution in [2.45, 2.75) is 39.2 Å². The zero-order valence-electron chi connectivity index (χ0n) is 15.4. The van der Waals surface area contributed by atoms with Crippen LogP contribution < -0.4 is 10.2 Å². The van der Waals surface area contributed by atoms with Gasteiger partial charge in [-0.25, -0.2) is 0 Å². The number of anilines is 1. The molecule has 1 aliphatic rings. The quantitative estimate of drug-likeness (QED) is 0.790. The largest absolute Gasteiger partial charge is 0.371 e. The zero-order chi connectivity index (χ0) is 18.4. The first kappa shape index (κ1) is 18.8. The molecule has 3 rings (SSSR count). The lowest BCUT2D eigenvalue weighted by Gasteiger charge is -2.32. The van der Waals surface area contributed by atoms with Gasteiger partial charge in [-0.1, -0.05) is 42.8 Å². The number of halogens is 1. The summed E-state index contributed by atoms with van der Waals surface area (Å²) in [6, 6.07) is 16.2. The van der Waals surface area contributed by atoms with E-state index < -0.39 is 0 Å². The maximum absolute atomic E-state index is 12.1. The van der Waals surface area contributed by atoms with Crippen LogP contribution in [0.3, 0.4) is 0 Å². The first-order valence-corrected chi connectivity index (χ1v) is 9.83. The van der Waals surface area contributed by atoms with Gasteiger partial charge in [0.2, 0.25) is 5.91 Å². The second-order valence-electron chi connectivity index (χ2n) is 7.26. The molecule has 1 unspecified atom stereocenters. The summed E-state index contributed by atoms with van der Waals surface area (Å²) in [5.74, 6) is 0.845. The monoisotopic (exact) mass is 370 g/mol. The molecular weight excluding hydrogens is 344 g/mol. The van der Waals surface area contributed by atoms with Crippen molar-refractivity contribution < 1.29 is 4.79 Å². The predicted molar refractivity (Wildman–Crippen MR) is 109 cm³/mol. The lowest BCUT2D eigenvalue weighted by atomic mass is 9.99. The highest BCUT2D eigenvalue weighted by Gasteiger charge is 2.16. The fourth-order valence-corrected chi connectivity index (χ4v) is 3.57. The summed E-state index contributed by atoms with van der Waals surface area (Å²) in [7, 11) is 0. The van der Waals surface area contributed by atoms with Crippen molar-refractivity contribution in [1.82, 2.24) is 5.32 Å². The van der Waals surface area contributed by atoms with E-state index in [1.807, 2.05) is 24.3 Å². The molecule has 1 fully saturated rings. The van der Waals surface area contributed by atoms with Gasteiger partial charge in [-0.3, -0.25) is 4.79 Å². The van der Waals surface area contributed by atoms with Crippen molar-refractivity contribution in [2.75, 3.05) is 18.0 Å². The van der Waals surface area contributed by atoms with Crippen LogP contribution in [-0.2, 0) is 17.8 Å². The molecule has 1 N–H and O–H groups in total. The fraction of sp³-hybridized carbons (Fsp3) is 0.409. The topological polar surface area (TPSA) is 32.3 Å². The Kier molecular flexibility index (Phi) is 6.56. The third-order valence-corrected chi connectivity index (χ3v) is 5.25. The lowest BCUT2D eigenvalue weighted by molar-refractivity contribution is -0.121. The molecule has 138 valence electrons. The molecular formula is C22H27ClN2O. The predicted octanol–water partition coefficient (Wildman–Crippen LogP) is 4.83. The van der Waals surface area contributed by atoms with E-state index in [0.29, 0.717) is 13.0 Å². The third-order valence-electron chi connectivity index (χ3n) is 5.00. The van der Waals surface area contributed by atoms with Crippen molar-refractivity contribution in [3.05, 3.63) is 64.7 Å². The van der Waals surface area contributed by atoms with Gasteiger partial charge >= 0.3 is 0 Å². The minimum atomic E-state index is 0.0777.